The largest absolute Gasteiger partial charge is 0.493 e. The fraction of sp³-hybridized carbons (Fsp3) is 0.517. The van der Waals surface area contributed by atoms with Crippen molar-refractivity contribution in [1.82, 2.24) is 5.32 Å². The highest BCUT2D eigenvalue weighted by molar-refractivity contribution is 5.88. The first-order chi connectivity index (χ1) is 17.1. The van der Waals surface area contributed by atoms with Gasteiger partial charge in [0.1, 0.15) is 17.4 Å². The Morgan fingerprint density at radius 2 is 1.67 bits per heavy atom. The minimum Gasteiger partial charge on any atom is -0.493 e. The number of hydrogen-bond acceptors (Lipinski definition) is 6. The molecule has 0 bridgehead atoms. The molecular weight excluding hydrogens is 458 g/mol. The molecule has 3 rings (SSSR count). The number of esters is 1. The predicted molar refractivity (Wildman–Crippen MR) is 139 cm³/mol. The SMILES string of the molecule is COC(=O)C(C)NC(=O)C(Cc1ccc(OC)c(OC2CCCC2)c1)c1ccc(OC(C)(C)C)cc1. The minimum atomic E-state index is -0.759. The van der Waals surface area contributed by atoms with Gasteiger partial charge in [0.25, 0.3) is 0 Å². The lowest BCUT2D eigenvalue weighted by Crippen LogP contribution is -2.42. The number of rotatable bonds is 10. The molecule has 1 fully saturated rings. The van der Waals surface area contributed by atoms with E-state index in [0.29, 0.717) is 17.9 Å². The van der Waals surface area contributed by atoms with Gasteiger partial charge in [-0.05, 0) is 95.2 Å². The fourth-order valence-electron chi connectivity index (χ4n) is 4.39. The lowest BCUT2D eigenvalue weighted by atomic mass is 9.90. The van der Waals surface area contributed by atoms with E-state index in [2.05, 4.69) is 5.32 Å². The molecule has 1 aliphatic rings. The van der Waals surface area contributed by atoms with E-state index in [1.165, 1.54) is 20.0 Å². The zero-order chi connectivity index (χ0) is 26.3. The normalized spacial score (nSPS) is 15.6. The van der Waals surface area contributed by atoms with Crippen LogP contribution < -0.4 is 19.5 Å². The van der Waals surface area contributed by atoms with Gasteiger partial charge in [-0.1, -0.05) is 18.2 Å². The molecule has 0 heterocycles. The molecule has 7 nitrogen and oxygen atoms in total. The Labute approximate surface area is 214 Å². The van der Waals surface area contributed by atoms with E-state index in [1.54, 1.807) is 14.0 Å². The highest BCUT2D eigenvalue weighted by Gasteiger charge is 2.26. The third kappa shape index (κ3) is 7.64. The zero-order valence-corrected chi connectivity index (χ0v) is 22.3. The van der Waals surface area contributed by atoms with Crippen LogP contribution in [0.25, 0.3) is 0 Å². The van der Waals surface area contributed by atoms with Gasteiger partial charge in [-0.3, -0.25) is 4.79 Å². The molecule has 36 heavy (non-hydrogen) atoms. The van der Waals surface area contributed by atoms with E-state index in [1.807, 2.05) is 63.2 Å². The van der Waals surface area contributed by atoms with Gasteiger partial charge < -0.3 is 24.3 Å². The summed E-state index contributed by atoms with van der Waals surface area (Å²) in [6.45, 7) is 7.57. The lowest BCUT2D eigenvalue weighted by molar-refractivity contribution is -0.144. The van der Waals surface area contributed by atoms with Gasteiger partial charge in [-0.2, -0.15) is 0 Å². The molecular formula is C29H39NO6. The molecule has 2 atom stereocenters. The molecule has 0 spiro atoms. The Hall–Kier alpha value is -3.22. The molecule has 7 heteroatoms. The van der Waals surface area contributed by atoms with Crippen LogP contribution >= 0.6 is 0 Å². The first-order valence-corrected chi connectivity index (χ1v) is 12.6. The van der Waals surface area contributed by atoms with Gasteiger partial charge in [0.2, 0.25) is 5.91 Å². The molecule has 0 radical (unpaired) electrons. The van der Waals surface area contributed by atoms with Crippen LogP contribution in [-0.2, 0) is 20.7 Å². The summed E-state index contributed by atoms with van der Waals surface area (Å²) in [7, 11) is 2.93. The maximum absolute atomic E-state index is 13.4. The second kappa shape index (κ2) is 12.2. The van der Waals surface area contributed by atoms with Crippen LogP contribution in [0.1, 0.15) is 70.4 Å². The average Bonchev–Trinajstić information content (AvgIpc) is 3.34. The Kier molecular flexibility index (Phi) is 9.24. The quantitative estimate of drug-likeness (QED) is 0.455. The van der Waals surface area contributed by atoms with Crippen molar-refractivity contribution in [1.29, 1.82) is 0 Å². The Balaban J connectivity index is 1.87. The molecule has 2 aromatic carbocycles. The van der Waals surface area contributed by atoms with Gasteiger partial charge in [0.15, 0.2) is 11.5 Å². The summed E-state index contributed by atoms with van der Waals surface area (Å²) >= 11 is 0. The average molecular weight is 498 g/mol. The van der Waals surface area contributed by atoms with Gasteiger partial charge in [-0.25, -0.2) is 4.79 Å². The van der Waals surface area contributed by atoms with Gasteiger partial charge >= 0.3 is 5.97 Å². The third-order valence-corrected chi connectivity index (χ3v) is 6.20. The molecule has 2 aromatic rings. The Bertz CT molecular complexity index is 1020. The number of benzene rings is 2. The fourth-order valence-corrected chi connectivity index (χ4v) is 4.39. The number of carbonyl (C=O) groups is 2. The number of carbonyl (C=O) groups excluding carboxylic acids is 2. The van der Waals surface area contributed by atoms with E-state index in [-0.39, 0.29) is 17.6 Å². The van der Waals surface area contributed by atoms with Gasteiger partial charge in [0.05, 0.1) is 26.2 Å². The number of methoxy groups -OCH3 is 2. The molecule has 196 valence electrons. The summed E-state index contributed by atoms with van der Waals surface area (Å²) in [6, 6.07) is 12.6. The monoisotopic (exact) mass is 497 g/mol. The standard InChI is InChI=1S/C29H39NO6/c1-19(28(32)34-6)30-27(31)24(21-12-14-23(15-13-21)36-29(2,3)4)17-20-11-16-25(33-5)26(18-20)35-22-9-7-8-10-22/h11-16,18-19,22,24H,7-10,17H2,1-6H3,(H,30,31). The molecule has 0 aliphatic heterocycles. The smallest absolute Gasteiger partial charge is 0.328 e. The minimum absolute atomic E-state index is 0.185. The summed E-state index contributed by atoms with van der Waals surface area (Å²) in [5, 5.41) is 2.80. The molecule has 1 amide bonds. The van der Waals surface area contributed by atoms with E-state index >= 15 is 0 Å². The number of amides is 1. The molecule has 0 aromatic heterocycles. The third-order valence-electron chi connectivity index (χ3n) is 6.20. The van der Waals surface area contributed by atoms with Crippen LogP contribution in [-0.4, -0.2) is 43.8 Å². The number of nitrogens with one attached hydrogen (secondary N) is 1. The Morgan fingerprint density at radius 1 is 1.00 bits per heavy atom. The van der Waals surface area contributed by atoms with Crippen LogP contribution in [0.5, 0.6) is 17.2 Å². The molecule has 1 aliphatic carbocycles. The molecule has 0 saturated heterocycles. The maximum Gasteiger partial charge on any atom is 0.328 e. The second-order valence-corrected chi connectivity index (χ2v) is 10.3. The maximum atomic E-state index is 13.4. The van der Waals surface area contributed by atoms with Crippen molar-refractivity contribution in [2.75, 3.05) is 14.2 Å². The van der Waals surface area contributed by atoms with Crippen LogP contribution in [0, 0.1) is 0 Å². The topological polar surface area (TPSA) is 83.1 Å². The first kappa shape index (κ1) is 27.4. The molecule has 2 unspecified atom stereocenters. The van der Waals surface area contributed by atoms with Crippen LogP contribution in [0.3, 0.4) is 0 Å². The summed E-state index contributed by atoms with van der Waals surface area (Å²) < 4.78 is 22.5. The summed E-state index contributed by atoms with van der Waals surface area (Å²) in [4.78, 5) is 25.3. The van der Waals surface area contributed by atoms with Crippen molar-refractivity contribution in [3.05, 3.63) is 53.6 Å². The van der Waals surface area contributed by atoms with Gasteiger partial charge in [0, 0.05) is 0 Å². The van der Waals surface area contributed by atoms with E-state index < -0.39 is 17.9 Å². The first-order valence-electron chi connectivity index (χ1n) is 12.6. The van der Waals surface area contributed by atoms with E-state index in [9.17, 15) is 9.59 Å². The van der Waals surface area contributed by atoms with Crippen molar-refractivity contribution >= 4 is 11.9 Å². The van der Waals surface area contributed by atoms with Crippen molar-refractivity contribution in [2.24, 2.45) is 0 Å². The summed E-state index contributed by atoms with van der Waals surface area (Å²) in [5.74, 6) is 0.810. The Morgan fingerprint density at radius 3 is 2.25 bits per heavy atom. The van der Waals surface area contributed by atoms with Crippen LogP contribution in [0.2, 0.25) is 0 Å². The summed E-state index contributed by atoms with van der Waals surface area (Å²) in [5.41, 5.74) is 1.43. The predicted octanol–water partition coefficient (Wildman–Crippen LogP) is 5.20. The van der Waals surface area contributed by atoms with Crippen molar-refractivity contribution in [3.8, 4) is 17.2 Å². The highest BCUT2D eigenvalue weighted by atomic mass is 16.5. The van der Waals surface area contributed by atoms with E-state index in [4.69, 9.17) is 18.9 Å². The highest BCUT2D eigenvalue weighted by Crippen LogP contribution is 2.34. The van der Waals surface area contributed by atoms with Crippen LogP contribution in [0.15, 0.2) is 42.5 Å². The zero-order valence-electron chi connectivity index (χ0n) is 22.3. The van der Waals surface area contributed by atoms with Gasteiger partial charge in [-0.15, -0.1) is 0 Å². The number of hydrogen-bond donors (Lipinski definition) is 1. The van der Waals surface area contributed by atoms with Crippen molar-refractivity contribution in [2.45, 2.75) is 83.5 Å². The second-order valence-electron chi connectivity index (χ2n) is 10.3. The van der Waals surface area contributed by atoms with Crippen LogP contribution in [0.4, 0.5) is 0 Å². The van der Waals surface area contributed by atoms with E-state index in [0.717, 1.165) is 29.7 Å². The van der Waals surface area contributed by atoms with Crippen molar-refractivity contribution in [3.63, 3.8) is 0 Å². The molecule has 1 N–H and O–H groups in total. The summed E-state index contributed by atoms with van der Waals surface area (Å²) in [6.07, 6.45) is 5.01. The number of ether oxygens (including phenoxy) is 4. The lowest BCUT2D eigenvalue weighted by Gasteiger charge is -2.23. The molecule has 1 saturated carbocycles. The van der Waals surface area contributed by atoms with Crippen molar-refractivity contribution < 1.29 is 28.5 Å².